The van der Waals surface area contributed by atoms with Crippen LogP contribution in [0.5, 0.6) is 17.4 Å². The van der Waals surface area contributed by atoms with E-state index in [1.54, 1.807) is 33.8 Å². The summed E-state index contributed by atoms with van der Waals surface area (Å²) < 4.78 is 52.0. The highest BCUT2D eigenvalue weighted by atomic mass is 19.4. The van der Waals surface area contributed by atoms with E-state index < -0.39 is 35.8 Å². The number of amides is 2. The number of nitriles is 1. The van der Waals surface area contributed by atoms with Crippen LogP contribution in [0.1, 0.15) is 39.7 Å². The molecule has 1 aromatic carbocycles. The van der Waals surface area contributed by atoms with Crippen LogP contribution in [-0.2, 0) is 9.53 Å². The zero-order chi connectivity index (χ0) is 25.5. The van der Waals surface area contributed by atoms with Gasteiger partial charge in [0.25, 0.3) is 5.91 Å². The lowest BCUT2D eigenvalue weighted by Gasteiger charge is -2.22. The molecule has 0 spiro atoms. The average Bonchev–Trinajstić information content (AvgIpc) is 2.71. The topological polar surface area (TPSA) is 123 Å². The number of alkyl halides is 3. The first-order valence-electron chi connectivity index (χ1n) is 10.0. The molecule has 12 heteroatoms. The van der Waals surface area contributed by atoms with Crippen LogP contribution in [0.4, 0.5) is 23.7 Å². The number of carbonyl (C=O) groups excluding carboxylic acids is 2. The third-order valence-corrected chi connectivity index (χ3v) is 3.92. The SMILES string of the molecule is CC[C@@H](OC(=O)NC(C)(C)C)C(=O)Nc1ccc(Oc2ccc(C#N)c(OC(F)(F)F)c2)nc1. The number of aromatic nitrogens is 1. The van der Waals surface area contributed by atoms with Gasteiger partial charge >= 0.3 is 12.5 Å². The first kappa shape index (κ1) is 26.2. The van der Waals surface area contributed by atoms with Crippen LogP contribution < -0.4 is 20.1 Å². The summed E-state index contributed by atoms with van der Waals surface area (Å²) in [4.78, 5) is 28.3. The molecule has 0 bridgehead atoms. The van der Waals surface area contributed by atoms with Crippen molar-refractivity contribution in [1.29, 1.82) is 5.26 Å². The normalized spacial score (nSPS) is 12.2. The van der Waals surface area contributed by atoms with E-state index in [4.69, 9.17) is 14.7 Å². The van der Waals surface area contributed by atoms with Crippen LogP contribution in [0.15, 0.2) is 36.5 Å². The highest BCUT2D eigenvalue weighted by Gasteiger charge is 2.32. The third-order valence-electron chi connectivity index (χ3n) is 3.92. The predicted molar refractivity (Wildman–Crippen MR) is 114 cm³/mol. The Balaban J connectivity index is 2.04. The molecule has 1 aromatic heterocycles. The van der Waals surface area contributed by atoms with E-state index in [1.807, 2.05) is 0 Å². The second kappa shape index (κ2) is 10.7. The minimum Gasteiger partial charge on any atom is -0.439 e. The molecule has 0 radical (unpaired) electrons. The number of nitrogens with one attached hydrogen (secondary N) is 2. The third kappa shape index (κ3) is 8.50. The minimum absolute atomic E-state index is 0.00788. The number of carbonyl (C=O) groups is 2. The molecule has 1 heterocycles. The van der Waals surface area contributed by atoms with Gasteiger partial charge in [-0.15, -0.1) is 13.2 Å². The van der Waals surface area contributed by atoms with E-state index >= 15 is 0 Å². The van der Waals surface area contributed by atoms with Crippen molar-refractivity contribution in [3.05, 3.63) is 42.1 Å². The highest BCUT2D eigenvalue weighted by molar-refractivity contribution is 5.95. The maximum atomic E-state index is 12.5. The van der Waals surface area contributed by atoms with Crippen LogP contribution in [-0.4, -0.2) is 35.0 Å². The van der Waals surface area contributed by atoms with E-state index in [0.29, 0.717) is 0 Å². The Morgan fingerprint density at radius 2 is 1.88 bits per heavy atom. The molecule has 0 aliphatic heterocycles. The van der Waals surface area contributed by atoms with Gasteiger partial charge in [-0.25, -0.2) is 9.78 Å². The summed E-state index contributed by atoms with van der Waals surface area (Å²) in [6.07, 6.45) is -5.25. The monoisotopic (exact) mass is 480 g/mol. The molecule has 2 rings (SSSR count). The minimum atomic E-state index is -4.98. The first-order chi connectivity index (χ1) is 15.8. The summed E-state index contributed by atoms with van der Waals surface area (Å²) in [5.41, 5.74) is -0.573. The maximum Gasteiger partial charge on any atom is 0.573 e. The first-order valence-corrected chi connectivity index (χ1v) is 10.0. The molecule has 9 nitrogen and oxygen atoms in total. The standard InChI is InChI=1S/C22H23F3N4O5/c1-5-16(33-20(31)29-21(2,3)4)19(30)28-14-7-9-18(27-12-14)32-15-8-6-13(11-26)17(10-15)34-22(23,24)25/h6-10,12,16H,5H2,1-4H3,(H,28,30)(H,29,31)/t16-/m1/s1. The molecule has 0 aliphatic carbocycles. The van der Waals surface area contributed by atoms with Gasteiger partial charge in [0, 0.05) is 17.7 Å². The number of alkyl carbamates (subject to hydrolysis) is 1. The predicted octanol–water partition coefficient (Wildman–Crippen LogP) is 4.89. The lowest BCUT2D eigenvalue weighted by atomic mass is 10.1. The molecule has 182 valence electrons. The molecule has 0 fully saturated rings. The zero-order valence-electron chi connectivity index (χ0n) is 18.8. The largest absolute Gasteiger partial charge is 0.573 e. The summed E-state index contributed by atoms with van der Waals surface area (Å²) in [5.74, 6) is -1.32. The van der Waals surface area contributed by atoms with Crippen LogP contribution >= 0.6 is 0 Å². The Hall–Kier alpha value is -4.01. The molecule has 0 saturated carbocycles. The van der Waals surface area contributed by atoms with Crippen molar-refractivity contribution >= 4 is 17.7 Å². The fourth-order valence-corrected chi connectivity index (χ4v) is 2.51. The summed E-state index contributed by atoms with van der Waals surface area (Å²) in [6, 6.07) is 7.72. The fourth-order valence-electron chi connectivity index (χ4n) is 2.51. The lowest BCUT2D eigenvalue weighted by Crippen LogP contribution is -2.44. The highest BCUT2D eigenvalue weighted by Crippen LogP contribution is 2.31. The molecule has 2 aromatic rings. The van der Waals surface area contributed by atoms with Crippen molar-refractivity contribution in [1.82, 2.24) is 10.3 Å². The Labute approximate surface area is 193 Å². The van der Waals surface area contributed by atoms with Gasteiger partial charge in [-0.3, -0.25) is 4.79 Å². The number of hydrogen-bond acceptors (Lipinski definition) is 7. The Bertz CT molecular complexity index is 1060. The van der Waals surface area contributed by atoms with Gasteiger partial charge in [-0.2, -0.15) is 5.26 Å². The van der Waals surface area contributed by atoms with Gasteiger partial charge in [0.05, 0.1) is 17.4 Å². The molecule has 1 atom stereocenters. The van der Waals surface area contributed by atoms with E-state index in [1.165, 1.54) is 24.4 Å². The molecule has 2 amide bonds. The number of pyridine rings is 1. The average molecular weight is 480 g/mol. The molecule has 0 saturated heterocycles. The molecular weight excluding hydrogens is 457 g/mol. The van der Waals surface area contributed by atoms with Crippen LogP contribution in [0.3, 0.4) is 0 Å². The molecule has 0 unspecified atom stereocenters. The summed E-state index contributed by atoms with van der Waals surface area (Å²) in [6.45, 7) is 6.99. The van der Waals surface area contributed by atoms with Gasteiger partial charge < -0.3 is 24.8 Å². The number of nitrogens with zero attached hydrogens (tertiary/aromatic N) is 2. The summed E-state index contributed by atoms with van der Waals surface area (Å²) >= 11 is 0. The van der Waals surface area contributed by atoms with Crippen molar-refractivity contribution < 1.29 is 37.0 Å². The van der Waals surface area contributed by atoms with E-state index in [-0.39, 0.29) is 29.3 Å². The molecule has 34 heavy (non-hydrogen) atoms. The maximum absolute atomic E-state index is 12.5. The van der Waals surface area contributed by atoms with Crippen LogP contribution in [0.25, 0.3) is 0 Å². The van der Waals surface area contributed by atoms with Crippen molar-refractivity contribution in [2.45, 2.75) is 52.1 Å². The molecule has 0 aliphatic rings. The number of anilines is 1. The van der Waals surface area contributed by atoms with Crippen molar-refractivity contribution in [3.63, 3.8) is 0 Å². The second-order valence-electron chi connectivity index (χ2n) is 7.97. The van der Waals surface area contributed by atoms with Crippen molar-refractivity contribution in [2.24, 2.45) is 0 Å². The van der Waals surface area contributed by atoms with Gasteiger partial charge in [-0.1, -0.05) is 6.92 Å². The number of hydrogen-bond donors (Lipinski definition) is 2. The fraction of sp³-hybridized carbons (Fsp3) is 0.364. The van der Waals surface area contributed by atoms with Crippen molar-refractivity contribution in [3.8, 4) is 23.4 Å². The Kier molecular flexibility index (Phi) is 8.29. The quantitative estimate of drug-likeness (QED) is 0.579. The Morgan fingerprint density at radius 1 is 1.18 bits per heavy atom. The summed E-state index contributed by atoms with van der Waals surface area (Å²) in [5, 5.41) is 14.1. The van der Waals surface area contributed by atoms with E-state index in [9.17, 15) is 22.8 Å². The van der Waals surface area contributed by atoms with Crippen LogP contribution in [0.2, 0.25) is 0 Å². The molecule has 2 N–H and O–H groups in total. The number of halogens is 3. The van der Waals surface area contributed by atoms with Crippen LogP contribution in [0, 0.1) is 11.3 Å². The van der Waals surface area contributed by atoms with Gasteiger partial charge in [0.2, 0.25) is 5.88 Å². The number of ether oxygens (including phenoxy) is 3. The Morgan fingerprint density at radius 3 is 2.41 bits per heavy atom. The lowest BCUT2D eigenvalue weighted by molar-refractivity contribution is -0.274. The zero-order valence-corrected chi connectivity index (χ0v) is 18.8. The second-order valence-corrected chi connectivity index (χ2v) is 7.97. The van der Waals surface area contributed by atoms with Gasteiger partial charge in [0.15, 0.2) is 11.9 Å². The van der Waals surface area contributed by atoms with E-state index in [2.05, 4.69) is 20.4 Å². The number of rotatable bonds is 7. The van der Waals surface area contributed by atoms with Gasteiger partial charge in [-0.05, 0) is 45.4 Å². The smallest absolute Gasteiger partial charge is 0.439 e. The number of benzene rings is 1. The van der Waals surface area contributed by atoms with E-state index in [0.717, 1.165) is 12.1 Å². The summed E-state index contributed by atoms with van der Waals surface area (Å²) in [7, 11) is 0. The van der Waals surface area contributed by atoms with Gasteiger partial charge in [0.1, 0.15) is 11.8 Å². The molecular formula is C22H23F3N4O5. The van der Waals surface area contributed by atoms with Crippen molar-refractivity contribution in [2.75, 3.05) is 5.32 Å².